The van der Waals surface area contributed by atoms with Crippen molar-refractivity contribution in [3.05, 3.63) is 66.3 Å². The monoisotopic (exact) mass is 269 g/mol. The molecule has 0 amide bonds. The number of aromatic amines is 1. The van der Waals surface area contributed by atoms with Crippen molar-refractivity contribution in [2.75, 3.05) is 6.61 Å². The van der Waals surface area contributed by atoms with Gasteiger partial charge in [0.05, 0.1) is 30.6 Å². The number of nitrogens with two attached hydrogens (primary N) is 1. The van der Waals surface area contributed by atoms with Gasteiger partial charge in [0.1, 0.15) is 5.82 Å². The number of nitrogens with zero attached hydrogens (tertiary/aromatic N) is 1. The lowest BCUT2D eigenvalue weighted by atomic mass is 10.2. The summed E-state index contributed by atoms with van der Waals surface area (Å²) in [4.78, 5) is 7.50. The van der Waals surface area contributed by atoms with Gasteiger partial charge in [-0.3, -0.25) is 0 Å². The topological polar surface area (TPSA) is 63.9 Å². The highest BCUT2D eigenvalue weighted by Crippen LogP contribution is 2.14. The zero-order valence-electron chi connectivity index (χ0n) is 11.4. The summed E-state index contributed by atoms with van der Waals surface area (Å²) in [6.45, 7) is 8.37. The van der Waals surface area contributed by atoms with Crippen molar-refractivity contribution in [3.63, 3.8) is 0 Å². The van der Waals surface area contributed by atoms with Crippen LogP contribution in [0.2, 0.25) is 0 Å². The van der Waals surface area contributed by atoms with E-state index in [9.17, 15) is 0 Å². The maximum absolute atomic E-state index is 6.06. The molecule has 0 saturated heterocycles. The first-order valence-electron chi connectivity index (χ1n) is 6.46. The molecule has 1 aromatic heterocycles. The molecule has 1 aromatic carbocycles. The molecular formula is C16H19N3O. The number of H-pyrrole nitrogens is 1. The van der Waals surface area contributed by atoms with E-state index in [1.165, 1.54) is 0 Å². The van der Waals surface area contributed by atoms with Crippen molar-refractivity contribution < 1.29 is 4.74 Å². The Balaban J connectivity index is 1.91. The number of ether oxygens (including phenoxy) is 1. The Morgan fingerprint density at radius 1 is 1.25 bits per heavy atom. The van der Waals surface area contributed by atoms with Gasteiger partial charge in [-0.05, 0) is 17.7 Å². The Bertz CT molecular complexity index is 549. The molecule has 0 saturated carbocycles. The number of aromatic nitrogens is 2. The summed E-state index contributed by atoms with van der Waals surface area (Å²) in [5.41, 5.74) is 8.77. The number of nitrogens with one attached hydrogen (secondary N) is 1. The lowest BCUT2D eigenvalue weighted by Gasteiger charge is -2.09. The minimum Gasteiger partial charge on any atom is -0.375 e. The summed E-state index contributed by atoms with van der Waals surface area (Å²) in [5.74, 6) is 0.683. The van der Waals surface area contributed by atoms with Crippen LogP contribution in [0.5, 0.6) is 0 Å². The van der Waals surface area contributed by atoms with Crippen LogP contribution in [0.1, 0.15) is 28.8 Å². The zero-order chi connectivity index (χ0) is 14.4. The van der Waals surface area contributed by atoms with Crippen LogP contribution in [0.25, 0.3) is 12.2 Å². The van der Waals surface area contributed by atoms with Crippen LogP contribution >= 0.6 is 0 Å². The molecule has 1 atom stereocenters. The zero-order valence-corrected chi connectivity index (χ0v) is 11.4. The van der Waals surface area contributed by atoms with E-state index in [1.54, 1.807) is 12.2 Å². The van der Waals surface area contributed by atoms with Gasteiger partial charge in [0.25, 0.3) is 0 Å². The largest absolute Gasteiger partial charge is 0.375 e. The van der Waals surface area contributed by atoms with Gasteiger partial charge in [-0.25, -0.2) is 4.98 Å². The van der Waals surface area contributed by atoms with Crippen molar-refractivity contribution in [2.45, 2.75) is 12.6 Å². The molecule has 0 fully saturated rings. The average molecular weight is 269 g/mol. The predicted octanol–water partition coefficient (Wildman–Crippen LogP) is 2.91. The van der Waals surface area contributed by atoms with Gasteiger partial charge in [-0.1, -0.05) is 43.5 Å². The lowest BCUT2D eigenvalue weighted by Crippen LogP contribution is -2.18. The highest BCUT2D eigenvalue weighted by Gasteiger charge is 2.12. The molecular weight excluding hydrogens is 250 g/mol. The van der Waals surface area contributed by atoms with E-state index in [0.717, 1.165) is 17.0 Å². The molecule has 0 radical (unpaired) electrons. The Kier molecular flexibility index (Phi) is 4.87. The molecule has 4 heteroatoms. The lowest BCUT2D eigenvalue weighted by molar-refractivity contribution is 0.106. The van der Waals surface area contributed by atoms with E-state index < -0.39 is 0 Å². The SMILES string of the molecule is C=Cc1nc(C(N)COCc2ccccc2)[nH]c1C=C. The van der Waals surface area contributed by atoms with Crippen LogP contribution in [0.4, 0.5) is 0 Å². The Labute approximate surface area is 119 Å². The minimum atomic E-state index is -0.300. The number of rotatable bonds is 7. The molecule has 0 spiro atoms. The van der Waals surface area contributed by atoms with E-state index in [1.807, 2.05) is 30.3 Å². The molecule has 1 unspecified atom stereocenters. The number of hydrogen-bond acceptors (Lipinski definition) is 3. The van der Waals surface area contributed by atoms with Crippen LogP contribution in [-0.4, -0.2) is 16.6 Å². The maximum atomic E-state index is 6.06. The molecule has 1 heterocycles. The Morgan fingerprint density at radius 3 is 2.60 bits per heavy atom. The van der Waals surface area contributed by atoms with Crippen LogP contribution in [0, 0.1) is 0 Å². The molecule has 2 rings (SSSR count). The second kappa shape index (κ2) is 6.84. The number of hydrogen-bond donors (Lipinski definition) is 2. The molecule has 20 heavy (non-hydrogen) atoms. The summed E-state index contributed by atoms with van der Waals surface area (Å²) < 4.78 is 5.62. The predicted molar refractivity (Wildman–Crippen MR) is 81.8 cm³/mol. The fourth-order valence-electron chi connectivity index (χ4n) is 1.86. The van der Waals surface area contributed by atoms with E-state index in [-0.39, 0.29) is 6.04 Å². The van der Waals surface area contributed by atoms with Crippen molar-refractivity contribution in [3.8, 4) is 0 Å². The second-order valence-corrected chi connectivity index (χ2v) is 4.44. The van der Waals surface area contributed by atoms with E-state index in [2.05, 4.69) is 23.1 Å². The van der Waals surface area contributed by atoms with Crippen LogP contribution in [0.3, 0.4) is 0 Å². The van der Waals surface area contributed by atoms with Gasteiger partial charge in [0.15, 0.2) is 0 Å². The van der Waals surface area contributed by atoms with Crippen molar-refractivity contribution in [1.29, 1.82) is 0 Å². The van der Waals surface area contributed by atoms with Gasteiger partial charge < -0.3 is 15.5 Å². The third kappa shape index (κ3) is 3.44. The van der Waals surface area contributed by atoms with Gasteiger partial charge in [0.2, 0.25) is 0 Å². The molecule has 2 aromatic rings. The van der Waals surface area contributed by atoms with Crippen LogP contribution in [0.15, 0.2) is 43.5 Å². The third-order valence-corrected chi connectivity index (χ3v) is 2.94. The average Bonchev–Trinajstić information content (AvgIpc) is 2.91. The van der Waals surface area contributed by atoms with E-state index in [4.69, 9.17) is 10.5 Å². The molecule has 3 N–H and O–H groups in total. The summed E-state index contributed by atoms with van der Waals surface area (Å²) in [6, 6.07) is 9.68. The fraction of sp³-hybridized carbons (Fsp3) is 0.188. The van der Waals surface area contributed by atoms with E-state index in [0.29, 0.717) is 19.0 Å². The molecule has 0 aliphatic rings. The van der Waals surface area contributed by atoms with Gasteiger partial charge in [0, 0.05) is 0 Å². The standard InChI is InChI=1S/C16H19N3O/c1-3-14-15(4-2)19-16(18-14)13(17)11-20-10-12-8-6-5-7-9-12/h3-9,13H,1-2,10-11,17H2,(H,18,19). The molecule has 0 aliphatic heterocycles. The molecule has 0 aliphatic carbocycles. The smallest absolute Gasteiger partial charge is 0.126 e. The third-order valence-electron chi connectivity index (χ3n) is 2.94. The summed E-state index contributed by atoms with van der Waals surface area (Å²) in [5, 5.41) is 0. The highest BCUT2D eigenvalue weighted by molar-refractivity contribution is 5.57. The Morgan fingerprint density at radius 2 is 2.00 bits per heavy atom. The highest BCUT2D eigenvalue weighted by atomic mass is 16.5. The van der Waals surface area contributed by atoms with Crippen molar-refractivity contribution in [2.24, 2.45) is 5.73 Å². The summed E-state index contributed by atoms with van der Waals surface area (Å²) >= 11 is 0. The normalized spacial score (nSPS) is 12.1. The Hall–Kier alpha value is -2.17. The maximum Gasteiger partial charge on any atom is 0.126 e. The fourth-order valence-corrected chi connectivity index (χ4v) is 1.86. The molecule has 4 nitrogen and oxygen atoms in total. The molecule has 0 bridgehead atoms. The first kappa shape index (κ1) is 14.2. The van der Waals surface area contributed by atoms with Crippen molar-refractivity contribution in [1.82, 2.24) is 9.97 Å². The van der Waals surface area contributed by atoms with Crippen LogP contribution in [-0.2, 0) is 11.3 Å². The number of benzene rings is 1. The van der Waals surface area contributed by atoms with Crippen molar-refractivity contribution >= 4 is 12.2 Å². The van der Waals surface area contributed by atoms with Gasteiger partial charge in [-0.15, -0.1) is 0 Å². The quantitative estimate of drug-likeness (QED) is 0.812. The summed E-state index contributed by atoms with van der Waals surface area (Å²) in [6.07, 6.45) is 3.37. The first-order valence-corrected chi connectivity index (χ1v) is 6.46. The minimum absolute atomic E-state index is 0.300. The van der Waals surface area contributed by atoms with Gasteiger partial charge >= 0.3 is 0 Å². The van der Waals surface area contributed by atoms with Crippen LogP contribution < -0.4 is 5.73 Å². The van der Waals surface area contributed by atoms with E-state index >= 15 is 0 Å². The molecule has 104 valence electrons. The van der Waals surface area contributed by atoms with Gasteiger partial charge in [-0.2, -0.15) is 0 Å². The summed E-state index contributed by atoms with van der Waals surface area (Å²) in [7, 11) is 0. The second-order valence-electron chi connectivity index (χ2n) is 4.44. The first-order chi connectivity index (χ1) is 9.74. The number of imidazole rings is 1.